The fraction of sp³-hybridized carbons (Fsp3) is 0.250. The van der Waals surface area contributed by atoms with E-state index in [0.717, 1.165) is 12.1 Å². The number of nitro benzene ring substituents is 1. The van der Waals surface area contributed by atoms with E-state index in [-0.39, 0.29) is 35.0 Å². The number of hydrogen-bond donors (Lipinski definition) is 2. The van der Waals surface area contributed by atoms with Gasteiger partial charge in [0.05, 0.1) is 23.0 Å². The molecule has 1 heterocycles. The molecule has 0 saturated heterocycles. The minimum Gasteiger partial charge on any atom is -0.502 e. The van der Waals surface area contributed by atoms with Gasteiger partial charge in [-0.2, -0.15) is 5.26 Å². The van der Waals surface area contributed by atoms with E-state index >= 15 is 0 Å². The molecule has 9 heteroatoms. The summed E-state index contributed by atoms with van der Waals surface area (Å²) in [5.74, 6) is -2.32. The number of benzene rings is 1. The number of aromatic hydroxyl groups is 1. The summed E-state index contributed by atoms with van der Waals surface area (Å²) in [6.07, 6.45) is 0. The molecule has 1 aromatic carbocycles. The molecule has 0 amide bonds. The van der Waals surface area contributed by atoms with Crippen molar-refractivity contribution in [2.24, 2.45) is 5.73 Å². The summed E-state index contributed by atoms with van der Waals surface area (Å²) in [6.45, 7) is 3.20. The third-order valence-corrected chi connectivity index (χ3v) is 3.63. The van der Waals surface area contributed by atoms with E-state index < -0.39 is 28.2 Å². The number of carbonyl (C=O) groups excluding carboxylic acids is 1. The third-order valence-electron chi connectivity index (χ3n) is 3.63. The van der Waals surface area contributed by atoms with Crippen molar-refractivity contribution in [3.05, 3.63) is 56.7 Å². The van der Waals surface area contributed by atoms with E-state index in [0.29, 0.717) is 0 Å². The van der Waals surface area contributed by atoms with Gasteiger partial charge in [0.25, 0.3) is 0 Å². The first-order valence-electron chi connectivity index (χ1n) is 7.24. The molecular formula is C16H15N3O6. The molecule has 0 fully saturated rings. The Hall–Kier alpha value is -3.54. The van der Waals surface area contributed by atoms with Crippen LogP contribution in [0, 0.1) is 21.4 Å². The van der Waals surface area contributed by atoms with Crippen LogP contribution in [0.3, 0.4) is 0 Å². The summed E-state index contributed by atoms with van der Waals surface area (Å²) in [5, 5.41) is 30.1. The van der Waals surface area contributed by atoms with Crippen molar-refractivity contribution in [3.63, 3.8) is 0 Å². The molecular weight excluding hydrogens is 330 g/mol. The maximum atomic E-state index is 12.3. The van der Waals surface area contributed by atoms with Gasteiger partial charge in [-0.15, -0.1) is 0 Å². The highest BCUT2D eigenvalue weighted by Gasteiger charge is 2.37. The normalized spacial score (nSPS) is 16.9. The SMILES string of the molecule is CCOC(=O)C1=C(C)OC(N)=C(C#N)C1c1ccc(O)c([N+](=O)[O-])c1. The third kappa shape index (κ3) is 3.23. The van der Waals surface area contributed by atoms with Crippen LogP contribution in [0.25, 0.3) is 0 Å². The Morgan fingerprint density at radius 2 is 2.24 bits per heavy atom. The van der Waals surface area contributed by atoms with E-state index in [9.17, 15) is 25.3 Å². The maximum absolute atomic E-state index is 12.3. The Morgan fingerprint density at radius 3 is 2.80 bits per heavy atom. The molecule has 0 saturated carbocycles. The second kappa shape index (κ2) is 6.92. The number of nitriles is 1. The molecule has 25 heavy (non-hydrogen) atoms. The van der Waals surface area contributed by atoms with Crippen LogP contribution in [0.15, 0.2) is 41.0 Å². The second-order valence-electron chi connectivity index (χ2n) is 5.12. The second-order valence-corrected chi connectivity index (χ2v) is 5.12. The lowest BCUT2D eigenvalue weighted by Crippen LogP contribution is -2.25. The topological polar surface area (TPSA) is 149 Å². The largest absolute Gasteiger partial charge is 0.502 e. The fourth-order valence-electron chi connectivity index (χ4n) is 2.55. The van der Waals surface area contributed by atoms with Crippen LogP contribution < -0.4 is 5.73 Å². The molecule has 0 radical (unpaired) electrons. The van der Waals surface area contributed by atoms with Gasteiger partial charge in [-0.1, -0.05) is 6.07 Å². The molecule has 130 valence electrons. The van der Waals surface area contributed by atoms with Crippen LogP contribution >= 0.6 is 0 Å². The van der Waals surface area contributed by atoms with Crippen LogP contribution in [0.2, 0.25) is 0 Å². The minimum absolute atomic E-state index is 0.0209. The molecule has 9 nitrogen and oxygen atoms in total. The zero-order valence-electron chi connectivity index (χ0n) is 13.5. The minimum atomic E-state index is -1.00. The highest BCUT2D eigenvalue weighted by atomic mass is 16.6. The van der Waals surface area contributed by atoms with Gasteiger partial charge in [0.15, 0.2) is 5.75 Å². The van der Waals surface area contributed by atoms with Crippen LogP contribution in [0.5, 0.6) is 5.75 Å². The first kappa shape index (κ1) is 17.8. The Morgan fingerprint density at radius 1 is 1.56 bits per heavy atom. The average molecular weight is 345 g/mol. The van der Waals surface area contributed by atoms with Crippen LogP contribution in [0.1, 0.15) is 25.3 Å². The van der Waals surface area contributed by atoms with Gasteiger partial charge in [-0.05, 0) is 25.5 Å². The predicted molar refractivity (Wildman–Crippen MR) is 84.7 cm³/mol. The number of phenolic OH excluding ortho intramolecular Hbond substituents is 1. The number of rotatable bonds is 4. The van der Waals surface area contributed by atoms with E-state index in [1.54, 1.807) is 6.92 Å². The number of phenols is 1. The Labute approximate surface area is 142 Å². The number of nitrogens with zero attached hydrogens (tertiary/aromatic N) is 2. The Kier molecular flexibility index (Phi) is 4.93. The highest BCUT2D eigenvalue weighted by Crippen LogP contribution is 2.41. The maximum Gasteiger partial charge on any atom is 0.338 e. The van der Waals surface area contributed by atoms with E-state index in [1.165, 1.54) is 13.0 Å². The molecule has 1 aromatic rings. The molecule has 2 rings (SSSR count). The van der Waals surface area contributed by atoms with Gasteiger partial charge in [-0.25, -0.2) is 4.79 Å². The predicted octanol–water partition coefficient (Wildman–Crippen LogP) is 1.95. The van der Waals surface area contributed by atoms with Crippen molar-refractivity contribution in [2.45, 2.75) is 19.8 Å². The van der Waals surface area contributed by atoms with E-state index in [4.69, 9.17) is 15.2 Å². The molecule has 3 N–H and O–H groups in total. The summed E-state index contributed by atoms with van der Waals surface area (Å²) < 4.78 is 10.3. The lowest BCUT2D eigenvalue weighted by Gasteiger charge is -2.26. The van der Waals surface area contributed by atoms with Crippen molar-refractivity contribution in [2.75, 3.05) is 6.61 Å². The summed E-state index contributed by atoms with van der Waals surface area (Å²) in [6, 6.07) is 5.44. The Balaban J connectivity index is 2.69. The molecule has 1 unspecified atom stereocenters. The van der Waals surface area contributed by atoms with Crippen molar-refractivity contribution >= 4 is 11.7 Å². The molecule has 0 aliphatic carbocycles. The summed E-state index contributed by atoms with van der Waals surface area (Å²) in [7, 11) is 0. The highest BCUT2D eigenvalue weighted by molar-refractivity contribution is 5.92. The monoisotopic (exact) mass is 345 g/mol. The summed E-state index contributed by atoms with van der Waals surface area (Å²) in [5.41, 5.74) is 5.36. The van der Waals surface area contributed by atoms with Gasteiger partial charge >= 0.3 is 11.7 Å². The average Bonchev–Trinajstić information content (AvgIpc) is 2.54. The Bertz CT molecular complexity index is 850. The lowest BCUT2D eigenvalue weighted by molar-refractivity contribution is -0.385. The number of allylic oxidation sites excluding steroid dienone is 2. The number of carbonyl (C=O) groups is 1. The van der Waals surface area contributed by atoms with Crippen molar-refractivity contribution in [3.8, 4) is 11.8 Å². The van der Waals surface area contributed by atoms with Gasteiger partial charge < -0.3 is 20.3 Å². The molecule has 0 bridgehead atoms. The lowest BCUT2D eigenvalue weighted by atomic mass is 9.83. The van der Waals surface area contributed by atoms with E-state index in [2.05, 4.69) is 0 Å². The fourth-order valence-corrected chi connectivity index (χ4v) is 2.55. The molecule has 1 atom stereocenters. The van der Waals surface area contributed by atoms with Crippen molar-refractivity contribution in [1.82, 2.24) is 0 Å². The van der Waals surface area contributed by atoms with Gasteiger partial charge in [0.2, 0.25) is 5.88 Å². The number of ether oxygens (including phenoxy) is 2. The van der Waals surface area contributed by atoms with Crippen molar-refractivity contribution < 1.29 is 24.3 Å². The first-order valence-corrected chi connectivity index (χ1v) is 7.24. The first-order chi connectivity index (χ1) is 11.8. The smallest absolute Gasteiger partial charge is 0.338 e. The molecule has 0 spiro atoms. The van der Waals surface area contributed by atoms with Crippen LogP contribution in [-0.4, -0.2) is 22.6 Å². The zero-order valence-corrected chi connectivity index (χ0v) is 13.5. The quantitative estimate of drug-likeness (QED) is 0.477. The van der Waals surface area contributed by atoms with Gasteiger partial charge in [0.1, 0.15) is 17.4 Å². The zero-order chi connectivity index (χ0) is 18.7. The van der Waals surface area contributed by atoms with Gasteiger partial charge in [0, 0.05) is 6.07 Å². The van der Waals surface area contributed by atoms with Gasteiger partial charge in [-0.3, -0.25) is 10.1 Å². The van der Waals surface area contributed by atoms with E-state index in [1.807, 2.05) is 6.07 Å². The number of nitrogens with two attached hydrogens (primary N) is 1. The number of nitro groups is 1. The molecule has 1 aliphatic heterocycles. The number of hydrogen-bond acceptors (Lipinski definition) is 8. The summed E-state index contributed by atoms with van der Waals surface area (Å²) in [4.78, 5) is 22.6. The van der Waals surface area contributed by atoms with Crippen LogP contribution in [-0.2, 0) is 14.3 Å². The molecule has 0 aromatic heterocycles. The molecule has 1 aliphatic rings. The standard InChI is InChI=1S/C16H15N3O6/c1-3-24-16(21)13-8(2)25-15(18)10(7-17)14(13)9-4-5-12(20)11(6-9)19(22)23/h4-6,14,20H,3,18H2,1-2H3. The van der Waals surface area contributed by atoms with Crippen molar-refractivity contribution in [1.29, 1.82) is 5.26 Å². The summed E-state index contributed by atoms with van der Waals surface area (Å²) >= 11 is 0. The number of esters is 1. The van der Waals surface area contributed by atoms with Crippen LogP contribution in [0.4, 0.5) is 5.69 Å².